The molecule has 1 N–H and O–H groups in total. The van der Waals surface area contributed by atoms with Crippen LogP contribution in [0.15, 0.2) is 42.5 Å². The Bertz CT molecular complexity index is 933. The molecule has 1 saturated heterocycles. The fourth-order valence-corrected chi connectivity index (χ4v) is 3.96. The lowest BCUT2D eigenvalue weighted by Gasteiger charge is -2.26. The third kappa shape index (κ3) is 5.12. The maximum absolute atomic E-state index is 13.3. The number of carbonyl (C=O) groups excluding carboxylic acids is 1. The van der Waals surface area contributed by atoms with Crippen LogP contribution in [0.5, 0.6) is 11.5 Å². The van der Waals surface area contributed by atoms with Crippen molar-refractivity contribution in [2.45, 2.75) is 38.0 Å². The van der Waals surface area contributed by atoms with Gasteiger partial charge < -0.3 is 19.7 Å². The van der Waals surface area contributed by atoms with Gasteiger partial charge in [0.25, 0.3) is 0 Å². The Hall–Kier alpha value is -2.74. The number of carbonyl (C=O) groups is 1. The number of benzene rings is 2. The molecule has 0 aromatic heterocycles. The van der Waals surface area contributed by atoms with Crippen LogP contribution >= 0.6 is 0 Å². The maximum atomic E-state index is 13.3. The molecule has 0 saturated carbocycles. The van der Waals surface area contributed by atoms with E-state index in [1.807, 2.05) is 18.2 Å². The third-order valence-corrected chi connectivity index (χ3v) is 5.58. The number of ether oxygens (including phenoxy) is 2. The lowest BCUT2D eigenvalue weighted by Crippen LogP contribution is -2.36. The highest BCUT2D eigenvalue weighted by Crippen LogP contribution is 2.34. The molecule has 8 heteroatoms. The summed E-state index contributed by atoms with van der Waals surface area (Å²) in [6, 6.07) is 10.5. The van der Waals surface area contributed by atoms with Crippen LogP contribution in [-0.2, 0) is 17.5 Å². The summed E-state index contributed by atoms with van der Waals surface area (Å²) in [7, 11) is 0. The molecule has 0 radical (unpaired) electrons. The van der Waals surface area contributed by atoms with Crippen molar-refractivity contribution in [3.63, 3.8) is 0 Å². The number of rotatable bonds is 6. The molecular weight excluding hydrogens is 409 g/mol. The summed E-state index contributed by atoms with van der Waals surface area (Å²) in [4.78, 5) is 13.9. The van der Waals surface area contributed by atoms with Gasteiger partial charge in [-0.25, -0.2) is 0 Å². The zero-order valence-corrected chi connectivity index (χ0v) is 17.1. The number of likely N-dealkylation sites (tertiary alicyclic amines) is 1. The molecule has 5 nitrogen and oxygen atoms in total. The van der Waals surface area contributed by atoms with Gasteiger partial charge in [-0.3, -0.25) is 4.79 Å². The van der Waals surface area contributed by atoms with Crippen molar-refractivity contribution in [1.82, 2.24) is 10.2 Å². The van der Waals surface area contributed by atoms with E-state index in [-0.39, 0.29) is 5.91 Å². The van der Waals surface area contributed by atoms with Gasteiger partial charge in [0, 0.05) is 38.0 Å². The van der Waals surface area contributed by atoms with Gasteiger partial charge >= 0.3 is 6.18 Å². The summed E-state index contributed by atoms with van der Waals surface area (Å²) in [5, 5.41) is 3.35. The monoisotopic (exact) mass is 434 g/mol. The number of hydrogen-bond acceptors (Lipinski definition) is 4. The molecule has 0 aliphatic carbocycles. The smallest absolute Gasteiger partial charge is 0.416 e. The van der Waals surface area contributed by atoms with Gasteiger partial charge in [-0.1, -0.05) is 24.3 Å². The highest BCUT2D eigenvalue weighted by molar-refractivity contribution is 5.78. The standard InChI is InChI=1S/C23H25F3N2O3/c24-23(25,26)18-7-1-5-16(13-18)19(15-28-10-3-9-21(28)29)27-14-17-6-2-8-20-22(17)31-12-4-11-30-20/h1-2,5-8,13,19,27H,3-4,9-12,14-15H2/t19-/m1/s1. The minimum Gasteiger partial charge on any atom is -0.490 e. The molecular formula is C23H25F3N2O3. The number of amides is 1. The van der Waals surface area contributed by atoms with Crippen LogP contribution in [0, 0.1) is 0 Å². The van der Waals surface area contributed by atoms with Crippen LogP contribution in [0.1, 0.15) is 42.0 Å². The van der Waals surface area contributed by atoms with Crippen LogP contribution in [0.2, 0.25) is 0 Å². The van der Waals surface area contributed by atoms with E-state index < -0.39 is 17.8 Å². The van der Waals surface area contributed by atoms with Crippen molar-refractivity contribution in [2.75, 3.05) is 26.3 Å². The largest absolute Gasteiger partial charge is 0.490 e. The molecule has 4 rings (SSSR count). The lowest BCUT2D eigenvalue weighted by molar-refractivity contribution is -0.137. The van der Waals surface area contributed by atoms with Crippen LogP contribution in [0.25, 0.3) is 0 Å². The molecule has 2 aromatic rings. The summed E-state index contributed by atoms with van der Waals surface area (Å²) in [6.45, 7) is 2.42. The fourth-order valence-electron chi connectivity index (χ4n) is 3.96. The topological polar surface area (TPSA) is 50.8 Å². The van der Waals surface area contributed by atoms with Gasteiger partial charge in [0.05, 0.1) is 24.8 Å². The number of para-hydroxylation sites is 1. The van der Waals surface area contributed by atoms with Gasteiger partial charge in [0.1, 0.15) is 0 Å². The molecule has 1 atom stereocenters. The average Bonchev–Trinajstić information content (AvgIpc) is 3.00. The molecule has 166 valence electrons. The third-order valence-electron chi connectivity index (χ3n) is 5.58. The summed E-state index contributed by atoms with van der Waals surface area (Å²) < 4.78 is 51.4. The number of alkyl halides is 3. The van der Waals surface area contributed by atoms with E-state index in [2.05, 4.69) is 5.32 Å². The number of fused-ring (bicyclic) bond motifs is 1. The normalized spacial score (nSPS) is 17.5. The molecule has 0 bridgehead atoms. The summed E-state index contributed by atoms with van der Waals surface area (Å²) in [5.41, 5.74) is 0.660. The average molecular weight is 434 g/mol. The van der Waals surface area contributed by atoms with Crippen molar-refractivity contribution >= 4 is 5.91 Å². The van der Waals surface area contributed by atoms with Crippen LogP contribution < -0.4 is 14.8 Å². The quantitative estimate of drug-likeness (QED) is 0.736. The minimum absolute atomic E-state index is 0.0316. The molecule has 2 aliphatic heterocycles. The van der Waals surface area contributed by atoms with Crippen molar-refractivity contribution in [3.05, 3.63) is 59.2 Å². The SMILES string of the molecule is O=C1CCCN1C[C@@H](NCc1cccc2c1OCCCO2)c1cccc(C(F)(F)F)c1. The maximum Gasteiger partial charge on any atom is 0.416 e. The van der Waals surface area contributed by atoms with Gasteiger partial charge in [0.2, 0.25) is 5.91 Å². The number of nitrogens with one attached hydrogen (secondary N) is 1. The first kappa shape index (κ1) is 21.5. The molecule has 31 heavy (non-hydrogen) atoms. The Morgan fingerprint density at radius 2 is 1.87 bits per heavy atom. The zero-order chi connectivity index (χ0) is 21.8. The highest BCUT2D eigenvalue weighted by atomic mass is 19.4. The van der Waals surface area contributed by atoms with Crippen LogP contribution in [0.3, 0.4) is 0 Å². The Morgan fingerprint density at radius 3 is 2.65 bits per heavy atom. The first-order valence-corrected chi connectivity index (χ1v) is 10.5. The highest BCUT2D eigenvalue weighted by Gasteiger charge is 2.32. The van der Waals surface area contributed by atoms with Gasteiger partial charge in [0.15, 0.2) is 11.5 Å². The molecule has 0 unspecified atom stereocenters. The Morgan fingerprint density at radius 1 is 1.06 bits per heavy atom. The Kier molecular flexibility index (Phi) is 6.36. The van der Waals surface area contributed by atoms with Crippen molar-refractivity contribution in [1.29, 1.82) is 0 Å². The van der Waals surface area contributed by atoms with E-state index >= 15 is 0 Å². The van der Waals surface area contributed by atoms with E-state index in [0.29, 0.717) is 56.3 Å². The second kappa shape index (κ2) is 9.18. The summed E-state index contributed by atoms with van der Waals surface area (Å²) in [6.07, 6.45) is -2.39. The molecule has 2 heterocycles. The second-order valence-corrected chi connectivity index (χ2v) is 7.79. The fraction of sp³-hybridized carbons (Fsp3) is 0.435. The Balaban J connectivity index is 1.58. The van der Waals surface area contributed by atoms with E-state index in [1.165, 1.54) is 6.07 Å². The van der Waals surface area contributed by atoms with Crippen molar-refractivity contribution < 1.29 is 27.4 Å². The molecule has 1 fully saturated rings. The van der Waals surface area contributed by atoms with Crippen molar-refractivity contribution in [2.24, 2.45) is 0 Å². The predicted molar refractivity (Wildman–Crippen MR) is 109 cm³/mol. The van der Waals surface area contributed by atoms with Gasteiger partial charge in [-0.05, 0) is 30.2 Å². The second-order valence-electron chi connectivity index (χ2n) is 7.79. The molecule has 2 aromatic carbocycles. The predicted octanol–water partition coefficient (Wildman–Crippen LogP) is 4.32. The van der Waals surface area contributed by atoms with E-state index in [0.717, 1.165) is 30.5 Å². The van der Waals surface area contributed by atoms with Crippen LogP contribution in [0.4, 0.5) is 13.2 Å². The van der Waals surface area contributed by atoms with E-state index in [4.69, 9.17) is 9.47 Å². The minimum atomic E-state index is -4.42. The number of hydrogen-bond donors (Lipinski definition) is 1. The van der Waals surface area contributed by atoms with Gasteiger partial charge in [-0.2, -0.15) is 13.2 Å². The van der Waals surface area contributed by atoms with Crippen LogP contribution in [-0.4, -0.2) is 37.1 Å². The molecule has 1 amide bonds. The lowest BCUT2D eigenvalue weighted by atomic mass is 10.0. The first-order chi connectivity index (χ1) is 14.9. The summed E-state index contributed by atoms with van der Waals surface area (Å²) in [5.74, 6) is 1.36. The number of nitrogens with zero attached hydrogens (tertiary/aromatic N) is 1. The molecule has 0 spiro atoms. The van der Waals surface area contributed by atoms with Gasteiger partial charge in [-0.15, -0.1) is 0 Å². The zero-order valence-electron chi connectivity index (χ0n) is 17.1. The van der Waals surface area contributed by atoms with Crippen molar-refractivity contribution in [3.8, 4) is 11.5 Å². The summed E-state index contributed by atoms with van der Waals surface area (Å²) >= 11 is 0. The Labute approximate surface area is 179 Å². The van der Waals surface area contributed by atoms with E-state index in [9.17, 15) is 18.0 Å². The first-order valence-electron chi connectivity index (χ1n) is 10.5. The number of halogens is 3. The van der Waals surface area contributed by atoms with E-state index in [1.54, 1.807) is 11.0 Å². The molecule has 2 aliphatic rings.